The SMILES string of the molecule is CN(C)S(=O)(=O)c1ccc(SCc2ccc(C#N)cc2)nc1. The van der Waals surface area contributed by atoms with E-state index in [-0.39, 0.29) is 4.90 Å². The fourth-order valence-electron chi connectivity index (χ4n) is 1.65. The van der Waals surface area contributed by atoms with Gasteiger partial charge < -0.3 is 0 Å². The molecule has 1 aromatic carbocycles. The molecule has 0 aliphatic rings. The Hall–Kier alpha value is -1.88. The number of nitrogens with zero attached hydrogens (tertiary/aromatic N) is 3. The van der Waals surface area contributed by atoms with E-state index in [1.54, 1.807) is 24.3 Å². The van der Waals surface area contributed by atoms with Crippen molar-refractivity contribution in [1.82, 2.24) is 9.29 Å². The van der Waals surface area contributed by atoms with Crippen molar-refractivity contribution in [3.8, 4) is 6.07 Å². The summed E-state index contributed by atoms with van der Waals surface area (Å²) in [6.07, 6.45) is 1.37. The van der Waals surface area contributed by atoms with Gasteiger partial charge in [0, 0.05) is 26.0 Å². The first-order valence-corrected chi connectivity index (χ1v) is 8.86. The topological polar surface area (TPSA) is 74.1 Å². The lowest BCUT2D eigenvalue weighted by atomic mass is 10.2. The third-order valence-electron chi connectivity index (χ3n) is 2.96. The quantitative estimate of drug-likeness (QED) is 0.786. The summed E-state index contributed by atoms with van der Waals surface area (Å²) >= 11 is 1.51. The molecule has 22 heavy (non-hydrogen) atoms. The Morgan fingerprint density at radius 3 is 2.36 bits per heavy atom. The van der Waals surface area contributed by atoms with Gasteiger partial charge in [-0.1, -0.05) is 12.1 Å². The molecule has 0 aliphatic carbocycles. The van der Waals surface area contributed by atoms with E-state index in [0.717, 1.165) is 14.9 Å². The Morgan fingerprint density at radius 1 is 1.18 bits per heavy atom. The molecule has 0 bridgehead atoms. The van der Waals surface area contributed by atoms with Crippen LogP contribution in [0, 0.1) is 11.3 Å². The third-order valence-corrected chi connectivity index (χ3v) is 5.77. The summed E-state index contributed by atoms with van der Waals surface area (Å²) in [6, 6.07) is 12.7. The molecule has 1 heterocycles. The molecule has 2 aromatic rings. The molecule has 0 saturated carbocycles. The second-order valence-electron chi connectivity index (χ2n) is 4.72. The minimum absolute atomic E-state index is 0.181. The highest BCUT2D eigenvalue weighted by molar-refractivity contribution is 7.98. The first-order valence-electron chi connectivity index (χ1n) is 6.44. The summed E-state index contributed by atoms with van der Waals surface area (Å²) in [6.45, 7) is 0. The van der Waals surface area contributed by atoms with Gasteiger partial charge in [-0.15, -0.1) is 11.8 Å². The van der Waals surface area contributed by atoms with Crippen LogP contribution in [0.25, 0.3) is 0 Å². The maximum absolute atomic E-state index is 11.9. The minimum Gasteiger partial charge on any atom is -0.249 e. The average Bonchev–Trinajstić information content (AvgIpc) is 2.53. The van der Waals surface area contributed by atoms with E-state index >= 15 is 0 Å². The van der Waals surface area contributed by atoms with E-state index in [4.69, 9.17) is 5.26 Å². The number of aromatic nitrogens is 1. The first-order chi connectivity index (χ1) is 10.4. The van der Waals surface area contributed by atoms with E-state index in [0.29, 0.717) is 11.3 Å². The maximum Gasteiger partial charge on any atom is 0.244 e. The molecule has 0 saturated heterocycles. The van der Waals surface area contributed by atoms with Gasteiger partial charge in [0.05, 0.1) is 16.7 Å². The van der Waals surface area contributed by atoms with Gasteiger partial charge in [-0.3, -0.25) is 0 Å². The summed E-state index contributed by atoms with van der Waals surface area (Å²) in [5, 5.41) is 9.50. The maximum atomic E-state index is 11.9. The molecule has 1 aromatic heterocycles. The molecular formula is C15H15N3O2S2. The summed E-state index contributed by atoms with van der Waals surface area (Å²) in [5.41, 5.74) is 1.71. The van der Waals surface area contributed by atoms with Crippen LogP contribution in [-0.2, 0) is 15.8 Å². The Labute approximate surface area is 134 Å². The largest absolute Gasteiger partial charge is 0.249 e. The van der Waals surface area contributed by atoms with Crippen LogP contribution in [0.5, 0.6) is 0 Å². The molecule has 0 amide bonds. The molecular weight excluding hydrogens is 318 g/mol. The zero-order chi connectivity index (χ0) is 16.2. The van der Waals surface area contributed by atoms with Crippen LogP contribution in [0.3, 0.4) is 0 Å². The van der Waals surface area contributed by atoms with E-state index in [9.17, 15) is 8.42 Å². The van der Waals surface area contributed by atoms with Gasteiger partial charge >= 0.3 is 0 Å². The van der Waals surface area contributed by atoms with Crippen molar-refractivity contribution in [2.24, 2.45) is 0 Å². The fourth-order valence-corrected chi connectivity index (χ4v) is 3.29. The number of benzene rings is 1. The number of sulfonamides is 1. The second kappa shape index (κ2) is 6.92. The Bertz CT molecular complexity index is 777. The third kappa shape index (κ3) is 3.85. The standard InChI is InChI=1S/C15H15N3O2S2/c1-18(2)22(19,20)14-7-8-15(17-10-14)21-11-13-5-3-12(9-16)4-6-13/h3-8,10H,11H2,1-2H3. The van der Waals surface area contributed by atoms with E-state index in [1.165, 1.54) is 32.1 Å². The van der Waals surface area contributed by atoms with E-state index < -0.39 is 10.0 Å². The van der Waals surface area contributed by atoms with Gasteiger partial charge in [0.2, 0.25) is 10.0 Å². The molecule has 0 spiro atoms. The van der Waals surface area contributed by atoms with Crippen LogP contribution in [0.2, 0.25) is 0 Å². The first kappa shape index (κ1) is 16.5. The normalized spacial score (nSPS) is 11.4. The van der Waals surface area contributed by atoms with Crippen molar-refractivity contribution in [1.29, 1.82) is 5.26 Å². The lowest BCUT2D eigenvalue weighted by molar-refractivity contribution is 0.520. The smallest absolute Gasteiger partial charge is 0.244 e. The van der Waals surface area contributed by atoms with Crippen LogP contribution in [0.15, 0.2) is 52.5 Å². The zero-order valence-corrected chi connectivity index (χ0v) is 13.9. The molecule has 0 aliphatic heterocycles. The van der Waals surface area contributed by atoms with Gasteiger partial charge in [0.25, 0.3) is 0 Å². The molecule has 2 rings (SSSR count). The van der Waals surface area contributed by atoms with Crippen molar-refractivity contribution in [2.45, 2.75) is 15.7 Å². The van der Waals surface area contributed by atoms with Crippen molar-refractivity contribution in [2.75, 3.05) is 14.1 Å². The number of hydrogen-bond donors (Lipinski definition) is 0. The lowest BCUT2D eigenvalue weighted by Crippen LogP contribution is -2.22. The number of nitriles is 1. The highest BCUT2D eigenvalue weighted by Gasteiger charge is 2.17. The number of pyridine rings is 1. The summed E-state index contributed by atoms with van der Waals surface area (Å²) < 4.78 is 25.0. The van der Waals surface area contributed by atoms with Crippen LogP contribution in [-0.4, -0.2) is 31.8 Å². The van der Waals surface area contributed by atoms with Crippen molar-refractivity contribution in [3.63, 3.8) is 0 Å². The molecule has 0 N–H and O–H groups in total. The van der Waals surface area contributed by atoms with Gasteiger partial charge in [0.1, 0.15) is 4.90 Å². The van der Waals surface area contributed by atoms with Crippen molar-refractivity contribution < 1.29 is 8.42 Å². The summed E-state index contributed by atoms with van der Waals surface area (Å²) in [4.78, 5) is 4.36. The zero-order valence-electron chi connectivity index (χ0n) is 12.2. The predicted octanol–water partition coefficient (Wildman–Crippen LogP) is 2.50. The predicted molar refractivity (Wildman–Crippen MR) is 85.8 cm³/mol. The van der Waals surface area contributed by atoms with Crippen molar-refractivity contribution in [3.05, 3.63) is 53.7 Å². The minimum atomic E-state index is -3.44. The Balaban J connectivity index is 2.04. The second-order valence-corrected chi connectivity index (χ2v) is 7.86. The Morgan fingerprint density at radius 2 is 1.86 bits per heavy atom. The average molecular weight is 333 g/mol. The molecule has 0 atom stereocenters. The molecule has 0 radical (unpaired) electrons. The highest BCUT2D eigenvalue weighted by atomic mass is 32.2. The van der Waals surface area contributed by atoms with Gasteiger partial charge in [-0.25, -0.2) is 17.7 Å². The lowest BCUT2D eigenvalue weighted by Gasteiger charge is -2.11. The highest BCUT2D eigenvalue weighted by Crippen LogP contribution is 2.22. The van der Waals surface area contributed by atoms with Gasteiger partial charge in [0.15, 0.2) is 0 Å². The van der Waals surface area contributed by atoms with Crippen LogP contribution in [0.1, 0.15) is 11.1 Å². The molecule has 5 nitrogen and oxygen atoms in total. The van der Waals surface area contributed by atoms with Gasteiger partial charge in [-0.05, 0) is 29.8 Å². The molecule has 7 heteroatoms. The van der Waals surface area contributed by atoms with E-state index in [2.05, 4.69) is 11.1 Å². The molecule has 114 valence electrons. The number of thioether (sulfide) groups is 1. The molecule has 0 fully saturated rings. The van der Waals surface area contributed by atoms with Crippen LogP contribution < -0.4 is 0 Å². The van der Waals surface area contributed by atoms with Gasteiger partial charge in [-0.2, -0.15) is 5.26 Å². The number of rotatable bonds is 5. The summed E-state index contributed by atoms with van der Waals surface area (Å²) in [5.74, 6) is 0.707. The number of hydrogen-bond acceptors (Lipinski definition) is 5. The van der Waals surface area contributed by atoms with Crippen LogP contribution >= 0.6 is 11.8 Å². The Kier molecular flexibility index (Phi) is 5.19. The molecule has 0 unspecified atom stereocenters. The monoisotopic (exact) mass is 333 g/mol. The van der Waals surface area contributed by atoms with Crippen LogP contribution in [0.4, 0.5) is 0 Å². The fraction of sp³-hybridized carbons (Fsp3) is 0.200. The van der Waals surface area contributed by atoms with E-state index in [1.807, 2.05) is 12.1 Å². The van der Waals surface area contributed by atoms with Crippen molar-refractivity contribution >= 4 is 21.8 Å². The summed E-state index contributed by atoms with van der Waals surface area (Å²) in [7, 11) is -0.460.